The average molecular weight is 384 g/mol. The van der Waals surface area contributed by atoms with E-state index in [0.29, 0.717) is 0 Å². The number of amides is 2. The number of benzene rings is 2. The molecule has 0 bridgehead atoms. The highest BCUT2D eigenvalue weighted by Gasteiger charge is 2.32. The summed E-state index contributed by atoms with van der Waals surface area (Å²) in [4.78, 5) is 35.0. The van der Waals surface area contributed by atoms with Gasteiger partial charge < -0.3 is 25.6 Å². The topological polar surface area (TPSA) is 125 Å². The highest BCUT2D eigenvalue weighted by atomic mass is 16.5. The van der Waals surface area contributed by atoms with Crippen LogP contribution in [0.1, 0.15) is 34.0 Å². The third-order valence-corrected chi connectivity index (χ3v) is 4.39. The minimum Gasteiger partial charge on any atom is -0.445 e. The second-order valence-electron chi connectivity index (χ2n) is 6.34. The molecule has 0 fully saturated rings. The van der Waals surface area contributed by atoms with Gasteiger partial charge in [-0.15, -0.1) is 0 Å². The van der Waals surface area contributed by atoms with Crippen LogP contribution in [0.2, 0.25) is 0 Å². The Labute approximate surface area is 161 Å². The van der Waals surface area contributed by atoms with Crippen LogP contribution in [-0.4, -0.2) is 40.6 Å². The number of ketones is 1. The van der Waals surface area contributed by atoms with Crippen molar-refractivity contribution in [1.82, 2.24) is 5.32 Å². The Balaban J connectivity index is 1.49. The fraction of sp³-hybridized carbons (Fsp3) is 0.250. The Morgan fingerprint density at radius 1 is 1.07 bits per heavy atom. The van der Waals surface area contributed by atoms with Crippen LogP contribution < -0.4 is 10.6 Å². The van der Waals surface area contributed by atoms with Crippen molar-refractivity contribution in [1.29, 1.82) is 0 Å². The van der Waals surface area contributed by atoms with Crippen LogP contribution in [0.4, 0.5) is 10.5 Å². The van der Waals surface area contributed by atoms with Crippen molar-refractivity contribution in [3.8, 4) is 0 Å². The number of fused-ring (bicyclic) bond motifs is 1. The molecule has 8 nitrogen and oxygen atoms in total. The van der Waals surface area contributed by atoms with E-state index in [1.165, 1.54) is 18.2 Å². The first-order valence-corrected chi connectivity index (χ1v) is 8.76. The number of hydrogen-bond donors (Lipinski definition) is 4. The molecule has 2 amide bonds. The Morgan fingerprint density at radius 3 is 2.57 bits per heavy atom. The highest BCUT2D eigenvalue weighted by Crippen LogP contribution is 2.33. The van der Waals surface area contributed by atoms with Crippen molar-refractivity contribution in [2.75, 3.05) is 11.9 Å². The van der Waals surface area contributed by atoms with Gasteiger partial charge in [0, 0.05) is 12.1 Å². The van der Waals surface area contributed by atoms with Gasteiger partial charge in [0.1, 0.15) is 12.7 Å². The molecule has 1 aliphatic heterocycles. The first-order valence-electron chi connectivity index (χ1n) is 8.76. The third-order valence-electron chi connectivity index (χ3n) is 4.39. The summed E-state index contributed by atoms with van der Waals surface area (Å²) in [6, 6.07) is 13.7. The van der Waals surface area contributed by atoms with Gasteiger partial charge in [0.2, 0.25) is 0 Å². The van der Waals surface area contributed by atoms with Gasteiger partial charge in [-0.2, -0.15) is 0 Å². The molecule has 2 aromatic carbocycles. The third kappa shape index (κ3) is 4.36. The number of nitrogens with one attached hydrogen (secondary N) is 2. The second kappa shape index (κ2) is 8.64. The van der Waals surface area contributed by atoms with Gasteiger partial charge in [-0.05, 0) is 18.1 Å². The molecule has 0 spiro atoms. The number of rotatable bonds is 7. The van der Waals surface area contributed by atoms with Gasteiger partial charge in [-0.3, -0.25) is 9.59 Å². The van der Waals surface area contributed by atoms with E-state index in [0.717, 1.165) is 5.56 Å². The van der Waals surface area contributed by atoms with Crippen LogP contribution >= 0.6 is 0 Å². The van der Waals surface area contributed by atoms with E-state index in [4.69, 9.17) is 4.74 Å². The van der Waals surface area contributed by atoms with Crippen LogP contribution in [0.3, 0.4) is 0 Å². The normalized spacial score (nSPS) is 14.8. The van der Waals surface area contributed by atoms with Gasteiger partial charge in [0.25, 0.3) is 11.7 Å². The Hall–Kier alpha value is -3.23. The molecule has 28 heavy (non-hydrogen) atoms. The predicted molar refractivity (Wildman–Crippen MR) is 99.6 cm³/mol. The molecular weight excluding hydrogens is 364 g/mol. The number of anilines is 1. The quantitative estimate of drug-likeness (QED) is 0.537. The van der Waals surface area contributed by atoms with Crippen molar-refractivity contribution < 1.29 is 29.3 Å². The lowest BCUT2D eigenvalue weighted by Crippen LogP contribution is -2.30. The summed E-state index contributed by atoms with van der Waals surface area (Å²) in [6.07, 6.45) is -3.13. The molecule has 0 aromatic heterocycles. The second-order valence-corrected chi connectivity index (χ2v) is 6.34. The van der Waals surface area contributed by atoms with Gasteiger partial charge in [-0.25, -0.2) is 4.79 Å². The summed E-state index contributed by atoms with van der Waals surface area (Å²) in [7, 11) is 0. The lowest BCUT2D eigenvalue weighted by atomic mass is 9.98. The SMILES string of the molecule is O=C(NCCC(O)C(O)c1cccc2c1NC(=O)C2=O)OCc1ccccc1. The minimum atomic E-state index is -1.33. The average Bonchev–Trinajstić information content (AvgIpc) is 3.00. The van der Waals surface area contributed by atoms with Gasteiger partial charge >= 0.3 is 6.09 Å². The van der Waals surface area contributed by atoms with Crippen LogP contribution in [-0.2, 0) is 16.1 Å². The largest absolute Gasteiger partial charge is 0.445 e. The Kier molecular flexibility index (Phi) is 6.03. The maximum atomic E-state index is 11.7. The lowest BCUT2D eigenvalue weighted by molar-refractivity contribution is -0.112. The molecule has 0 saturated carbocycles. The summed E-state index contributed by atoms with van der Waals surface area (Å²) in [6.45, 7) is 0.202. The minimum absolute atomic E-state index is 0.0488. The summed E-state index contributed by atoms with van der Waals surface area (Å²) < 4.78 is 5.06. The molecule has 0 saturated heterocycles. The van der Waals surface area contributed by atoms with Crippen molar-refractivity contribution >= 4 is 23.5 Å². The molecule has 2 aromatic rings. The maximum Gasteiger partial charge on any atom is 0.407 e. The van der Waals surface area contributed by atoms with Gasteiger partial charge in [-0.1, -0.05) is 42.5 Å². The van der Waals surface area contributed by atoms with Crippen LogP contribution in [0.15, 0.2) is 48.5 Å². The van der Waals surface area contributed by atoms with Crippen LogP contribution in [0.25, 0.3) is 0 Å². The van der Waals surface area contributed by atoms with E-state index in [-0.39, 0.29) is 36.4 Å². The Bertz CT molecular complexity index is 884. The number of aliphatic hydroxyl groups excluding tert-OH is 2. The maximum absolute atomic E-state index is 11.7. The number of aliphatic hydroxyl groups is 2. The summed E-state index contributed by atoms with van der Waals surface area (Å²) >= 11 is 0. The first kappa shape index (κ1) is 19.5. The fourth-order valence-electron chi connectivity index (χ4n) is 2.90. The summed E-state index contributed by atoms with van der Waals surface area (Å²) in [5.41, 5.74) is 1.47. The zero-order valence-corrected chi connectivity index (χ0v) is 14.9. The molecule has 1 heterocycles. The molecule has 0 aliphatic carbocycles. The Morgan fingerprint density at radius 2 is 1.82 bits per heavy atom. The van der Waals surface area contributed by atoms with E-state index >= 15 is 0 Å². The highest BCUT2D eigenvalue weighted by molar-refractivity contribution is 6.51. The van der Waals surface area contributed by atoms with Crippen LogP contribution in [0, 0.1) is 0 Å². The van der Waals surface area contributed by atoms with Crippen molar-refractivity contribution in [3.63, 3.8) is 0 Å². The van der Waals surface area contributed by atoms with Gasteiger partial charge in [0.15, 0.2) is 0 Å². The number of ether oxygens (including phenoxy) is 1. The molecule has 3 rings (SSSR count). The number of alkyl carbamates (subject to hydrolysis) is 1. The van der Waals surface area contributed by atoms with Crippen molar-refractivity contribution in [3.05, 3.63) is 65.2 Å². The molecule has 2 atom stereocenters. The molecule has 4 N–H and O–H groups in total. The predicted octanol–water partition coefficient (Wildman–Crippen LogP) is 1.53. The lowest BCUT2D eigenvalue weighted by Gasteiger charge is -2.20. The monoisotopic (exact) mass is 384 g/mol. The van der Waals surface area contributed by atoms with Crippen molar-refractivity contribution in [2.24, 2.45) is 0 Å². The smallest absolute Gasteiger partial charge is 0.407 e. The molecule has 2 unspecified atom stereocenters. The number of hydrogen-bond acceptors (Lipinski definition) is 6. The number of Topliss-reactive ketones (excluding diaryl/α,β-unsaturated/α-hetero) is 1. The molecule has 0 radical (unpaired) electrons. The molecule has 146 valence electrons. The zero-order chi connectivity index (χ0) is 20.1. The number of carbonyl (C=O) groups is 3. The fourth-order valence-corrected chi connectivity index (χ4v) is 2.90. The van der Waals surface area contributed by atoms with Gasteiger partial charge in [0.05, 0.1) is 17.4 Å². The number of para-hydroxylation sites is 1. The van der Waals surface area contributed by atoms with E-state index in [9.17, 15) is 24.6 Å². The first-order chi connectivity index (χ1) is 13.5. The zero-order valence-electron chi connectivity index (χ0n) is 14.9. The van der Waals surface area contributed by atoms with E-state index in [2.05, 4.69) is 10.6 Å². The standard InChI is InChI=1S/C20H20N2O6/c23-15(9-10-21-20(27)28-11-12-5-2-1-3-6-12)17(24)13-7-4-8-14-16(13)22-19(26)18(14)25/h1-8,15,17,23-24H,9-11H2,(H,21,27)(H,22,25,26). The molecule has 8 heteroatoms. The summed E-state index contributed by atoms with van der Waals surface area (Å²) in [5.74, 6) is -1.45. The van der Waals surface area contributed by atoms with Crippen molar-refractivity contribution in [2.45, 2.75) is 25.2 Å². The molecule has 1 aliphatic rings. The van der Waals surface area contributed by atoms with E-state index in [1.54, 1.807) is 0 Å². The van der Waals surface area contributed by atoms with E-state index < -0.39 is 30.0 Å². The van der Waals surface area contributed by atoms with Crippen LogP contribution in [0.5, 0.6) is 0 Å². The number of carbonyl (C=O) groups excluding carboxylic acids is 3. The molecular formula is C20H20N2O6. The van der Waals surface area contributed by atoms with E-state index in [1.807, 2.05) is 30.3 Å². The summed E-state index contributed by atoms with van der Waals surface area (Å²) in [5, 5.41) is 25.5.